The van der Waals surface area contributed by atoms with Crippen LogP contribution in [0.25, 0.3) is 0 Å². The van der Waals surface area contributed by atoms with E-state index < -0.39 is 6.09 Å². The van der Waals surface area contributed by atoms with Crippen LogP contribution in [-0.2, 0) is 14.3 Å². The summed E-state index contributed by atoms with van der Waals surface area (Å²) in [6.45, 7) is 7.44. The number of alkyl carbamates (subject to hydrolysis) is 1. The number of esters is 1. The fraction of sp³-hybridized carbons (Fsp3) is 0.833. The molecule has 0 heterocycles. The summed E-state index contributed by atoms with van der Waals surface area (Å²) in [5.74, 6) is -0.510. The quantitative estimate of drug-likeness (QED) is 0.526. The standard InChI is InChI=1S/C12H23NO5/c1-9(2)10(15)17-5-6-18-11(16)13-7-12(3,4)8-14/h9,14H,5-8H2,1-4H3,(H,13,16). The molecule has 0 rings (SSSR count). The number of hydrogen-bond donors (Lipinski definition) is 2. The second kappa shape index (κ2) is 7.92. The first-order valence-electron chi connectivity index (χ1n) is 5.96. The average Bonchev–Trinajstić information content (AvgIpc) is 2.31. The van der Waals surface area contributed by atoms with Crippen LogP contribution in [-0.4, -0.2) is 43.5 Å². The van der Waals surface area contributed by atoms with Gasteiger partial charge in [-0.25, -0.2) is 4.79 Å². The Morgan fingerprint density at radius 1 is 1.22 bits per heavy atom. The van der Waals surface area contributed by atoms with Gasteiger partial charge in [-0.2, -0.15) is 0 Å². The van der Waals surface area contributed by atoms with Crippen LogP contribution in [0, 0.1) is 11.3 Å². The van der Waals surface area contributed by atoms with Gasteiger partial charge < -0.3 is 19.9 Å². The Hall–Kier alpha value is -1.30. The van der Waals surface area contributed by atoms with Gasteiger partial charge in [0, 0.05) is 18.6 Å². The second-order valence-corrected chi connectivity index (χ2v) is 5.13. The van der Waals surface area contributed by atoms with Crippen LogP contribution < -0.4 is 5.32 Å². The summed E-state index contributed by atoms with van der Waals surface area (Å²) in [5, 5.41) is 11.5. The zero-order valence-electron chi connectivity index (χ0n) is 11.5. The first-order valence-corrected chi connectivity index (χ1v) is 5.96. The van der Waals surface area contributed by atoms with E-state index >= 15 is 0 Å². The Bertz CT molecular complexity index is 276. The molecule has 0 saturated carbocycles. The van der Waals surface area contributed by atoms with Gasteiger partial charge in [0.2, 0.25) is 0 Å². The highest BCUT2D eigenvalue weighted by atomic mass is 16.6. The van der Waals surface area contributed by atoms with Crippen molar-refractivity contribution in [3.05, 3.63) is 0 Å². The number of nitrogens with one attached hydrogen (secondary N) is 1. The Morgan fingerprint density at radius 2 is 1.78 bits per heavy atom. The van der Waals surface area contributed by atoms with E-state index in [4.69, 9.17) is 14.6 Å². The number of aliphatic hydroxyl groups is 1. The Balaban J connectivity index is 3.63. The third-order valence-electron chi connectivity index (χ3n) is 2.17. The third-order valence-corrected chi connectivity index (χ3v) is 2.17. The van der Waals surface area contributed by atoms with Crippen molar-refractivity contribution in [2.24, 2.45) is 11.3 Å². The first kappa shape index (κ1) is 16.7. The van der Waals surface area contributed by atoms with Gasteiger partial charge in [0.25, 0.3) is 0 Å². The highest BCUT2D eigenvalue weighted by Crippen LogP contribution is 2.10. The van der Waals surface area contributed by atoms with Crippen LogP contribution in [0.2, 0.25) is 0 Å². The van der Waals surface area contributed by atoms with Gasteiger partial charge in [0.15, 0.2) is 0 Å². The molecule has 0 bridgehead atoms. The minimum Gasteiger partial charge on any atom is -0.462 e. The van der Waals surface area contributed by atoms with Crippen molar-refractivity contribution >= 4 is 12.1 Å². The number of carbonyl (C=O) groups excluding carboxylic acids is 2. The predicted molar refractivity (Wildman–Crippen MR) is 66.0 cm³/mol. The van der Waals surface area contributed by atoms with Crippen molar-refractivity contribution in [3.63, 3.8) is 0 Å². The summed E-state index contributed by atoms with van der Waals surface area (Å²) >= 11 is 0. The minimum atomic E-state index is -0.586. The lowest BCUT2D eigenvalue weighted by Crippen LogP contribution is -2.36. The molecular formula is C12H23NO5. The monoisotopic (exact) mass is 261 g/mol. The fourth-order valence-corrected chi connectivity index (χ4v) is 0.862. The average molecular weight is 261 g/mol. The normalized spacial score (nSPS) is 11.2. The molecule has 0 unspecified atom stereocenters. The molecule has 0 aromatic heterocycles. The van der Waals surface area contributed by atoms with Gasteiger partial charge in [0.1, 0.15) is 13.2 Å². The first-order chi connectivity index (χ1) is 8.28. The second-order valence-electron chi connectivity index (χ2n) is 5.13. The van der Waals surface area contributed by atoms with Gasteiger partial charge in [-0.15, -0.1) is 0 Å². The molecule has 0 fully saturated rings. The molecule has 18 heavy (non-hydrogen) atoms. The predicted octanol–water partition coefficient (Wildman–Crippen LogP) is 0.930. The number of amides is 1. The van der Waals surface area contributed by atoms with Crippen LogP contribution in [0.15, 0.2) is 0 Å². The smallest absolute Gasteiger partial charge is 0.407 e. The largest absolute Gasteiger partial charge is 0.462 e. The summed E-state index contributed by atoms with van der Waals surface area (Å²) < 4.78 is 9.64. The SMILES string of the molecule is CC(C)C(=O)OCCOC(=O)NCC(C)(C)CO. The summed E-state index contributed by atoms with van der Waals surface area (Å²) in [4.78, 5) is 22.3. The van der Waals surface area contributed by atoms with Crippen molar-refractivity contribution in [2.45, 2.75) is 27.7 Å². The van der Waals surface area contributed by atoms with Crippen molar-refractivity contribution in [3.8, 4) is 0 Å². The van der Waals surface area contributed by atoms with Crippen LogP contribution in [0.5, 0.6) is 0 Å². The lowest BCUT2D eigenvalue weighted by Gasteiger charge is -2.21. The minimum absolute atomic E-state index is 0.0177. The molecule has 0 aromatic carbocycles. The van der Waals surface area contributed by atoms with Gasteiger partial charge in [0.05, 0.1) is 5.92 Å². The van der Waals surface area contributed by atoms with Crippen molar-refractivity contribution in [1.82, 2.24) is 5.32 Å². The Morgan fingerprint density at radius 3 is 2.28 bits per heavy atom. The molecule has 0 aliphatic carbocycles. The maximum Gasteiger partial charge on any atom is 0.407 e. The summed E-state index contributed by atoms with van der Waals surface area (Å²) in [6.07, 6.45) is -0.586. The highest BCUT2D eigenvalue weighted by molar-refractivity contribution is 5.71. The van der Waals surface area contributed by atoms with E-state index in [0.717, 1.165) is 0 Å². The van der Waals surface area contributed by atoms with E-state index in [9.17, 15) is 9.59 Å². The lowest BCUT2D eigenvalue weighted by atomic mass is 9.95. The van der Waals surface area contributed by atoms with Crippen LogP contribution in [0.3, 0.4) is 0 Å². The van der Waals surface area contributed by atoms with Gasteiger partial charge >= 0.3 is 12.1 Å². The van der Waals surface area contributed by atoms with Crippen LogP contribution in [0.4, 0.5) is 4.79 Å². The van der Waals surface area contributed by atoms with Gasteiger partial charge in [-0.05, 0) is 0 Å². The van der Waals surface area contributed by atoms with Crippen molar-refractivity contribution < 1.29 is 24.2 Å². The number of rotatable bonds is 7. The molecule has 0 spiro atoms. The van der Waals surface area contributed by atoms with E-state index in [-0.39, 0.29) is 37.1 Å². The molecule has 6 nitrogen and oxygen atoms in total. The van der Waals surface area contributed by atoms with Crippen LogP contribution in [0.1, 0.15) is 27.7 Å². The van der Waals surface area contributed by atoms with Gasteiger partial charge in [-0.1, -0.05) is 27.7 Å². The maximum atomic E-state index is 11.2. The number of carbonyl (C=O) groups is 2. The summed E-state index contributed by atoms with van der Waals surface area (Å²) in [7, 11) is 0. The number of hydrogen-bond acceptors (Lipinski definition) is 5. The zero-order chi connectivity index (χ0) is 14.2. The number of aliphatic hydroxyl groups excluding tert-OH is 1. The molecule has 0 aliphatic rings. The molecule has 106 valence electrons. The Kier molecular flexibility index (Phi) is 7.35. The molecule has 0 atom stereocenters. The molecular weight excluding hydrogens is 238 g/mol. The van der Waals surface area contributed by atoms with Gasteiger partial charge in [-0.3, -0.25) is 4.79 Å². The zero-order valence-corrected chi connectivity index (χ0v) is 11.5. The van der Waals surface area contributed by atoms with E-state index in [2.05, 4.69) is 5.32 Å². The van der Waals surface area contributed by atoms with E-state index in [1.165, 1.54) is 0 Å². The summed E-state index contributed by atoms with van der Waals surface area (Å²) in [5.41, 5.74) is -0.386. The van der Waals surface area contributed by atoms with E-state index in [1.807, 2.05) is 13.8 Å². The van der Waals surface area contributed by atoms with Crippen LogP contribution >= 0.6 is 0 Å². The molecule has 0 saturated heterocycles. The molecule has 0 radical (unpaired) electrons. The number of ether oxygens (including phenoxy) is 2. The van der Waals surface area contributed by atoms with Crippen molar-refractivity contribution in [1.29, 1.82) is 0 Å². The third kappa shape index (κ3) is 7.89. The maximum absolute atomic E-state index is 11.2. The summed E-state index contributed by atoms with van der Waals surface area (Å²) in [6, 6.07) is 0. The van der Waals surface area contributed by atoms with E-state index in [1.54, 1.807) is 13.8 Å². The molecule has 0 aromatic rings. The molecule has 6 heteroatoms. The Labute approximate surface area is 108 Å². The van der Waals surface area contributed by atoms with Crippen molar-refractivity contribution in [2.75, 3.05) is 26.4 Å². The highest BCUT2D eigenvalue weighted by Gasteiger charge is 2.17. The van der Waals surface area contributed by atoms with E-state index in [0.29, 0.717) is 6.54 Å². The molecule has 0 aliphatic heterocycles. The lowest BCUT2D eigenvalue weighted by molar-refractivity contribution is -0.148. The fourth-order valence-electron chi connectivity index (χ4n) is 0.862. The molecule has 1 amide bonds. The topological polar surface area (TPSA) is 84.9 Å². The molecule has 2 N–H and O–H groups in total.